The Morgan fingerprint density at radius 3 is 2.26 bits per heavy atom. The number of nitrogen functional groups attached to an aromatic ring is 1. The number of benzene rings is 2. The Labute approximate surface area is 115 Å². The largest absolute Gasteiger partial charge is 0.397 e. The first-order valence-corrected chi connectivity index (χ1v) is 6.75. The third kappa shape index (κ3) is 3.08. The quantitative estimate of drug-likeness (QED) is 0.836. The molecule has 0 bridgehead atoms. The molecule has 2 nitrogen and oxygen atoms in total. The molecule has 2 heteroatoms. The topological polar surface area (TPSA) is 29.3 Å². The van der Waals surface area contributed by atoms with Crippen LogP contribution in [0, 0.1) is 6.92 Å². The van der Waals surface area contributed by atoms with Gasteiger partial charge in [0.1, 0.15) is 0 Å². The van der Waals surface area contributed by atoms with Crippen LogP contribution in [0.25, 0.3) is 0 Å². The molecule has 0 saturated carbocycles. The van der Waals surface area contributed by atoms with Crippen molar-refractivity contribution < 1.29 is 0 Å². The van der Waals surface area contributed by atoms with Crippen LogP contribution in [-0.4, -0.2) is 6.04 Å². The maximum atomic E-state index is 6.17. The molecule has 0 aliphatic rings. The van der Waals surface area contributed by atoms with Crippen LogP contribution < -0.4 is 10.6 Å². The molecular weight excluding hydrogens is 232 g/mol. The fourth-order valence-electron chi connectivity index (χ4n) is 2.37. The molecular formula is C17H22N2. The lowest BCUT2D eigenvalue weighted by atomic mass is 10.1. The zero-order valence-corrected chi connectivity index (χ0v) is 11.9. The highest BCUT2D eigenvalue weighted by atomic mass is 15.2. The van der Waals surface area contributed by atoms with E-state index in [1.807, 2.05) is 18.2 Å². The summed E-state index contributed by atoms with van der Waals surface area (Å²) in [7, 11) is 0. The van der Waals surface area contributed by atoms with E-state index in [4.69, 9.17) is 5.73 Å². The molecule has 0 aliphatic heterocycles. The van der Waals surface area contributed by atoms with Crippen molar-refractivity contribution in [2.24, 2.45) is 0 Å². The molecule has 19 heavy (non-hydrogen) atoms. The second-order valence-corrected chi connectivity index (χ2v) is 5.22. The van der Waals surface area contributed by atoms with Crippen LogP contribution in [0.2, 0.25) is 0 Å². The Morgan fingerprint density at radius 1 is 1.00 bits per heavy atom. The Hall–Kier alpha value is -1.96. The van der Waals surface area contributed by atoms with E-state index in [-0.39, 0.29) is 0 Å². The normalized spacial score (nSPS) is 10.7. The first-order chi connectivity index (χ1) is 9.09. The van der Waals surface area contributed by atoms with Crippen LogP contribution >= 0.6 is 0 Å². The van der Waals surface area contributed by atoms with E-state index in [2.05, 4.69) is 56.0 Å². The summed E-state index contributed by atoms with van der Waals surface area (Å²) >= 11 is 0. The summed E-state index contributed by atoms with van der Waals surface area (Å²) in [5, 5.41) is 0. The van der Waals surface area contributed by atoms with E-state index in [9.17, 15) is 0 Å². The van der Waals surface area contributed by atoms with Crippen LogP contribution in [0.15, 0.2) is 48.5 Å². The van der Waals surface area contributed by atoms with Gasteiger partial charge in [0.05, 0.1) is 11.4 Å². The summed E-state index contributed by atoms with van der Waals surface area (Å²) < 4.78 is 0. The van der Waals surface area contributed by atoms with E-state index in [0.717, 1.165) is 17.9 Å². The van der Waals surface area contributed by atoms with Gasteiger partial charge in [-0.1, -0.05) is 42.5 Å². The van der Waals surface area contributed by atoms with E-state index in [0.29, 0.717) is 6.04 Å². The summed E-state index contributed by atoms with van der Waals surface area (Å²) in [5.41, 5.74) is 10.7. The minimum Gasteiger partial charge on any atom is -0.397 e. The lowest BCUT2D eigenvalue weighted by Crippen LogP contribution is -2.31. The van der Waals surface area contributed by atoms with Crippen molar-refractivity contribution >= 4 is 11.4 Å². The highest BCUT2D eigenvalue weighted by Crippen LogP contribution is 2.30. The molecule has 0 aromatic heterocycles. The number of para-hydroxylation sites is 1. The minimum atomic E-state index is 0.406. The first-order valence-electron chi connectivity index (χ1n) is 6.75. The molecule has 0 spiro atoms. The summed E-state index contributed by atoms with van der Waals surface area (Å²) in [6, 6.07) is 17.0. The SMILES string of the molecule is Cc1cccc(N)c1N(Cc1ccccc1)C(C)C. The van der Waals surface area contributed by atoms with Crippen molar-refractivity contribution in [1.82, 2.24) is 0 Å². The van der Waals surface area contributed by atoms with Crippen molar-refractivity contribution in [3.63, 3.8) is 0 Å². The van der Waals surface area contributed by atoms with Crippen molar-refractivity contribution in [2.45, 2.75) is 33.4 Å². The fourth-order valence-corrected chi connectivity index (χ4v) is 2.37. The van der Waals surface area contributed by atoms with Crippen LogP contribution in [0.5, 0.6) is 0 Å². The Bertz CT molecular complexity index is 512. The molecule has 2 N–H and O–H groups in total. The number of rotatable bonds is 4. The number of hydrogen-bond acceptors (Lipinski definition) is 2. The average molecular weight is 254 g/mol. The highest BCUT2D eigenvalue weighted by Gasteiger charge is 2.15. The molecule has 0 aliphatic carbocycles. The monoisotopic (exact) mass is 254 g/mol. The number of nitrogens with zero attached hydrogens (tertiary/aromatic N) is 1. The molecule has 0 atom stereocenters. The predicted molar refractivity (Wildman–Crippen MR) is 83.4 cm³/mol. The van der Waals surface area contributed by atoms with Crippen LogP contribution in [0.3, 0.4) is 0 Å². The predicted octanol–water partition coefficient (Wildman–Crippen LogP) is 3.99. The van der Waals surface area contributed by atoms with Gasteiger partial charge in [-0.15, -0.1) is 0 Å². The van der Waals surface area contributed by atoms with Crippen LogP contribution in [0.1, 0.15) is 25.0 Å². The van der Waals surface area contributed by atoms with Gasteiger partial charge in [-0.25, -0.2) is 0 Å². The Balaban J connectivity index is 2.36. The van der Waals surface area contributed by atoms with Crippen molar-refractivity contribution in [1.29, 1.82) is 0 Å². The van der Waals surface area contributed by atoms with Gasteiger partial charge in [-0.05, 0) is 38.0 Å². The number of hydrogen-bond donors (Lipinski definition) is 1. The molecule has 0 heterocycles. The average Bonchev–Trinajstić information content (AvgIpc) is 2.38. The van der Waals surface area contributed by atoms with Crippen molar-refractivity contribution in [3.05, 3.63) is 59.7 Å². The highest BCUT2D eigenvalue weighted by molar-refractivity contribution is 5.71. The minimum absolute atomic E-state index is 0.406. The zero-order chi connectivity index (χ0) is 13.8. The lowest BCUT2D eigenvalue weighted by molar-refractivity contribution is 0.681. The molecule has 0 saturated heterocycles. The third-order valence-corrected chi connectivity index (χ3v) is 3.38. The van der Waals surface area contributed by atoms with E-state index >= 15 is 0 Å². The third-order valence-electron chi connectivity index (χ3n) is 3.38. The second kappa shape index (κ2) is 5.79. The van der Waals surface area contributed by atoms with Gasteiger partial charge in [-0.3, -0.25) is 0 Å². The van der Waals surface area contributed by atoms with Gasteiger partial charge >= 0.3 is 0 Å². The molecule has 0 amide bonds. The summed E-state index contributed by atoms with van der Waals surface area (Å²) in [6.45, 7) is 7.41. The Kier molecular flexibility index (Phi) is 4.10. The molecule has 0 fully saturated rings. The van der Waals surface area contributed by atoms with Gasteiger partial charge in [0.15, 0.2) is 0 Å². The number of aryl methyl sites for hydroxylation is 1. The van der Waals surface area contributed by atoms with Gasteiger partial charge < -0.3 is 10.6 Å². The smallest absolute Gasteiger partial charge is 0.0634 e. The number of nitrogens with two attached hydrogens (primary N) is 1. The number of anilines is 2. The van der Waals surface area contributed by atoms with Gasteiger partial charge in [0.25, 0.3) is 0 Å². The van der Waals surface area contributed by atoms with E-state index in [1.165, 1.54) is 11.1 Å². The first kappa shape index (κ1) is 13.5. The van der Waals surface area contributed by atoms with Gasteiger partial charge in [-0.2, -0.15) is 0 Å². The van der Waals surface area contributed by atoms with Gasteiger partial charge in [0, 0.05) is 12.6 Å². The molecule has 0 unspecified atom stereocenters. The van der Waals surface area contributed by atoms with E-state index in [1.54, 1.807) is 0 Å². The summed E-state index contributed by atoms with van der Waals surface area (Å²) in [6.07, 6.45) is 0. The lowest BCUT2D eigenvalue weighted by Gasteiger charge is -2.31. The summed E-state index contributed by atoms with van der Waals surface area (Å²) in [5.74, 6) is 0. The fraction of sp³-hybridized carbons (Fsp3) is 0.294. The second-order valence-electron chi connectivity index (χ2n) is 5.22. The molecule has 2 aromatic rings. The molecule has 2 aromatic carbocycles. The molecule has 2 rings (SSSR count). The van der Waals surface area contributed by atoms with Crippen LogP contribution in [-0.2, 0) is 6.54 Å². The zero-order valence-electron chi connectivity index (χ0n) is 11.9. The van der Waals surface area contributed by atoms with Crippen LogP contribution in [0.4, 0.5) is 11.4 Å². The van der Waals surface area contributed by atoms with Gasteiger partial charge in [0.2, 0.25) is 0 Å². The summed E-state index contributed by atoms with van der Waals surface area (Å²) in [4.78, 5) is 2.36. The molecule has 0 radical (unpaired) electrons. The standard InChI is InChI=1S/C17H22N2/c1-13(2)19(12-15-9-5-4-6-10-15)17-14(3)8-7-11-16(17)18/h4-11,13H,12,18H2,1-3H3. The Morgan fingerprint density at radius 2 is 1.68 bits per heavy atom. The maximum absolute atomic E-state index is 6.17. The maximum Gasteiger partial charge on any atom is 0.0634 e. The molecule has 100 valence electrons. The van der Waals surface area contributed by atoms with E-state index < -0.39 is 0 Å². The van der Waals surface area contributed by atoms with Crippen molar-refractivity contribution in [2.75, 3.05) is 10.6 Å². The van der Waals surface area contributed by atoms with Crippen molar-refractivity contribution in [3.8, 4) is 0 Å².